The van der Waals surface area contributed by atoms with E-state index in [2.05, 4.69) is 0 Å². The van der Waals surface area contributed by atoms with Crippen LogP contribution in [0.3, 0.4) is 0 Å². The molecule has 1 saturated heterocycles. The summed E-state index contributed by atoms with van der Waals surface area (Å²) in [4.78, 5) is 11.0. The summed E-state index contributed by atoms with van der Waals surface area (Å²) in [5.41, 5.74) is 2.09. The van der Waals surface area contributed by atoms with Gasteiger partial charge < -0.3 is 19.0 Å². The van der Waals surface area contributed by atoms with Crippen molar-refractivity contribution in [2.24, 2.45) is 0 Å². The van der Waals surface area contributed by atoms with Crippen LogP contribution in [0.1, 0.15) is 23.8 Å². The van der Waals surface area contributed by atoms with Crippen LogP contribution in [0.4, 0.5) is 4.39 Å². The molecular formula is C20H17FO5. The third kappa shape index (κ3) is 3.21. The number of hydrogen-bond acceptors (Lipinski definition) is 4. The summed E-state index contributed by atoms with van der Waals surface area (Å²) in [5.74, 6) is -1.02. The maximum atomic E-state index is 14.7. The van der Waals surface area contributed by atoms with Gasteiger partial charge in [0, 0.05) is 10.9 Å². The van der Waals surface area contributed by atoms with E-state index in [9.17, 15) is 9.18 Å². The standard InChI is InChI=1S/C20H17FO5/c21-16-9-13(20-24-7-2-8-25-20)5-6-14(16)18-11-15-12(10-19(22)23)3-1-4-17(15)26-18/h1,3-6,9,11,20H,2,7-8,10H2,(H,22,23). The molecule has 4 rings (SSSR count). The number of carboxylic acid groups (broad SMARTS) is 1. The molecule has 1 N–H and O–H groups in total. The van der Waals surface area contributed by atoms with Crippen LogP contribution in [0.5, 0.6) is 0 Å². The number of benzene rings is 2. The van der Waals surface area contributed by atoms with Crippen molar-refractivity contribution in [2.75, 3.05) is 13.2 Å². The molecule has 3 aromatic rings. The highest BCUT2D eigenvalue weighted by Gasteiger charge is 2.20. The molecule has 1 aromatic heterocycles. The van der Waals surface area contributed by atoms with Crippen LogP contribution in [0, 0.1) is 5.82 Å². The third-order valence-electron chi connectivity index (χ3n) is 4.35. The summed E-state index contributed by atoms with van der Waals surface area (Å²) >= 11 is 0. The van der Waals surface area contributed by atoms with Gasteiger partial charge in [0.05, 0.1) is 25.2 Å². The number of carbonyl (C=O) groups is 1. The molecule has 2 aromatic carbocycles. The molecule has 0 amide bonds. The van der Waals surface area contributed by atoms with Crippen LogP contribution in [0.15, 0.2) is 46.9 Å². The zero-order valence-electron chi connectivity index (χ0n) is 13.9. The van der Waals surface area contributed by atoms with E-state index in [1.165, 1.54) is 6.07 Å². The highest BCUT2D eigenvalue weighted by atomic mass is 19.1. The van der Waals surface area contributed by atoms with Crippen LogP contribution in [-0.2, 0) is 20.7 Å². The maximum Gasteiger partial charge on any atom is 0.307 e. The minimum Gasteiger partial charge on any atom is -0.481 e. The Balaban J connectivity index is 1.70. The number of ether oxygens (including phenoxy) is 2. The summed E-state index contributed by atoms with van der Waals surface area (Å²) in [6.45, 7) is 1.17. The predicted octanol–water partition coefficient (Wildman–Crippen LogP) is 4.30. The maximum absolute atomic E-state index is 14.7. The number of furan rings is 1. The van der Waals surface area contributed by atoms with Gasteiger partial charge in [0.15, 0.2) is 6.29 Å². The van der Waals surface area contributed by atoms with Gasteiger partial charge in [-0.2, -0.15) is 0 Å². The van der Waals surface area contributed by atoms with Crippen molar-refractivity contribution >= 4 is 16.9 Å². The number of fused-ring (bicyclic) bond motifs is 1. The van der Waals surface area contributed by atoms with E-state index >= 15 is 0 Å². The van der Waals surface area contributed by atoms with Crippen molar-refractivity contribution in [3.05, 3.63) is 59.4 Å². The second kappa shape index (κ2) is 6.90. The molecule has 0 bridgehead atoms. The van der Waals surface area contributed by atoms with Crippen LogP contribution in [0.25, 0.3) is 22.3 Å². The van der Waals surface area contributed by atoms with Crippen molar-refractivity contribution in [2.45, 2.75) is 19.1 Å². The molecule has 0 spiro atoms. The minimum absolute atomic E-state index is 0.117. The van der Waals surface area contributed by atoms with Gasteiger partial charge in [-0.05, 0) is 36.2 Å². The molecule has 1 fully saturated rings. The Morgan fingerprint density at radius 3 is 2.69 bits per heavy atom. The van der Waals surface area contributed by atoms with E-state index in [1.807, 2.05) is 0 Å². The van der Waals surface area contributed by atoms with Crippen LogP contribution < -0.4 is 0 Å². The summed E-state index contributed by atoms with van der Waals surface area (Å²) in [6, 6.07) is 11.6. The topological polar surface area (TPSA) is 68.9 Å². The number of hydrogen-bond donors (Lipinski definition) is 1. The normalized spacial score (nSPS) is 15.4. The van der Waals surface area contributed by atoms with Gasteiger partial charge in [-0.3, -0.25) is 4.79 Å². The molecule has 1 aliphatic heterocycles. The Kier molecular flexibility index (Phi) is 4.44. The predicted molar refractivity (Wildman–Crippen MR) is 92.2 cm³/mol. The lowest BCUT2D eigenvalue weighted by Gasteiger charge is -2.23. The lowest BCUT2D eigenvalue weighted by molar-refractivity contribution is -0.183. The largest absolute Gasteiger partial charge is 0.481 e. The fourth-order valence-electron chi connectivity index (χ4n) is 3.13. The Bertz CT molecular complexity index is 956. The van der Waals surface area contributed by atoms with Crippen LogP contribution in [-0.4, -0.2) is 24.3 Å². The van der Waals surface area contributed by atoms with Gasteiger partial charge in [-0.25, -0.2) is 4.39 Å². The monoisotopic (exact) mass is 356 g/mol. The van der Waals surface area contributed by atoms with Crippen LogP contribution >= 0.6 is 0 Å². The average molecular weight is 356 g/mol. The molecule has 6 heteroatoms. The first-order chi connectivity index (χ1) is 12.6. The van der Waals surface area contributed by atoms with Gasteiger partial charge in [-0.15, -0.1) is 0 Å². The van der Waals surface area contributed by atoms with Gasteiger partial charge in [0.25, 0.3) is 0 Å². The van der Waals surface area contributed by atoms with E-state index in [1.54, 1.807) is 36.4 Å². The zero-order chi connectivity index (χ0) is 18.1. The highest BCUT2D eigenvalue weighted by molar-refractivity contribution is 5.88. The van der Waals surface area contributed by atoms with Crippen molar-refractivity contribution in [1.29, 1.82) is 0 Å². The van der Waals surface area contributed by atoms with Crippen molar-refractivity contribution in [3.63, 3.8) is 0 Å². The second-order valence-electron chi connectivity index (χ2n) is 6.18. The highest BCUT2D eigenvalue weighted by Crippen LogP contribution is 2.33. The van der Waals surface area contributed by atoms with Crippen LogP contribution in [0.2, 0.25) is 0 Å². The van der Waals surface area contributed by atoms with E-state index in [0.717, 1.165) is 6.42 Å². The molecule has 0 saturated carbocycles. The molecule has 0 unspecified atom stereocenters. The van der Waals surface area contributed by atoms with E-state index in [0.29, 0.717) is 46.6 Å². The number of carboxylic acids is 1. The lowest BCUT2D eigenvalue weighted by atomic mass is 10.0. The second-order valence-corrected chi connectivity index (χ2v) is 6.18. The lowest BCUT2D eigenvalue weighted by Crippen LogP contribution is -2.17. The SMILES string of the molecule is O=C(O)Cc1cccc2oc(-c3ccc(C4OCCCO4)cc3F)cc12. The van der Waals surface area contributed by atoms with E-state index in [-0.39, 0.29) is 6.42 Å². The van der Waals surface area contributed by atoms with Gasteiger partial charge >= 0.3 is 5.97 Å². The Labute approximate surface area is 148 Å². The molecule has 26 heavy (non-hydrogen) atoms. The van der Waals surface area contributed by atoms with Crippen molar-refractivity contribution < 1.29 is 28.2 Å². The third-order valence-corrected chi connectivity index (χ3v) is 4.35. The number of aliphatic carboxylic acids is 1. The molecular weight excluding hydrogens is 339 g/mol. The minimum atomic E-state index is -0.928. The summed E-state index contributed by atoms with van der Waals surface area (Å²) in [6.07, 6.45) is 0.160. The Hall–Kier alpha value is -2.70. The fourth-order valence-corrected chi connectivity index (χ4v) is 3.13. The van der Waals surface area contributed by atoms with Crippen molar-refractivity contribution in [1.82, 2.24) is 0 Å². The quantitative estimate of drug-likeness (QED) is 0.755. The molecule has 0 radical (unpaired) electrons. The number of rotatable bonds is 4. The fraction of sp³-hybridized carbons (Fsp3) is 0.250. The molecule has 5 nitrogen and oxygen atoms in total. The first kappa shape index (κ1) is 16.8. The molecule has 2 heterocycles. The zero-order valence-corrected chi connectivity index (χ0v) is 13.9. The average Bonchev–Trinajstić information content (AvgIpc) is 3.07. The first-order valence-electron chi connectivity index (χ1n) is 8.38. The van der Waals surface area contributed by atoms with Gasteiger partial charge in [0.1, 0.15) is 17.2 Å². The Morgan fingerprint density at radius 2 is 1.96 bits per heavy atom. The summed E-state index contributed by atoms with van der Waals surface area (Å²) in [5, 5.41) is 9.71. The molecule has 1 aliphatic rings. The number of halogens is 1. The van der Waals surface area contributed by atoms with E-state index in [4.69, 9.17) is 19.0 Å². The van der Waals surface area contributed by atoms with Gasteiger partial charge in [0.2, 0.25) is 0 Å². The van der Waals surface area contributed by atoms with Crippen molar-refractivity contribution in [3.8, 4) is 11.3 Å². The van der Waals surface area contributed by atoms with E-state index < -0.39 is 18.1 Å². The first-order valence-corrected chi connectivity index (χ1v) is 8.38. The molecule has 0 atom stereocenters. The smallest absolute Gasteiger partial charge is 0.307 e. The van der Waals surface area contributed by atoms with Gasteiger partial charge in [-0.1, -0.05) is 18.2 Å². The summed E-state index contributed by atoms with van der Waals surface area (Å²) < 4.78 is 31.4. The molecule has 0 aliphatic carbocycles. The summed E-state index contributed by atoms with van der Waals surface area (Å²) in [7, 11) is 0. The Morgan fingerprint density at radius 1 is 1.15 bits per heavy atom. The molecule has 134 valence electrons.